The van der Waals surface area contributed by atoms with Crippen molar-refractivity contribution in [1.29, 1.82) is 5.26 Å². The molecule has 5 rings (SSSR count). The maximum absolute atomic E-state index is 14.8. The van der Waals surface area contributed by atoms with Crippen LogP contribution in [-0.2, 0) is 4.79 Å². The molecule has 0 aliphatic carbocycles. The van der Waals surface area contributed by atoms with E-state index in [2.05, 4.69) is 26.3 Å². The van der Waals surface area contributed by atoms with Gasteiger partial charge in [-0.1, -0.05) is 0 Å². The number of aromatic nitrogens is 3. The molecule has 1 unspecified atom stereocenters. The molecular formula is C30H33F2N7O4. The fourth-order valence-electron chi connectivity index (χ4n) is 5.09. The first-order chi connectivity index (χ1) is 20.7. The van der Waals surface area contributed by atoms with Crippen LogP contribution in [0, 0.1) is 11.3 Å². The molecule has 13 heteroatoms. The lowest BCUT2D eigenvalue weighted by atomic mass is 10.0. The summed E-state index contributed by atoms with van der Waals surface area (Å²) in [5.41, 5.74) is 1.40. The predicted octanol–water partition coefficient (Wildman–Crippen LogP) is 3.27. The van der Waals surface area contributed by atoms with E-state index in [-0.39, 0.29) is 36.8 Å². The Balaban J connectivity index is 1.22. The molecular weight excluding hydrogens is 560 g/mol. The highest BCUT2D eigenvalue weighted by Crippen LogP contribution is 2.29. The molecule has 1 amide bonds. The Kier molecular flexibility index (Phi) is 9.27. The number of aliphatic hydroxyl groups is 1. The van der Waals surface area contributed by atoms with Gasteiger partial charge in [0.15, 0.2) is 12.0 Å². The lowest BCUT2D eigenvalue weighted by Gasteiger charge is -2.35. The van der Waals surface area contributed by atoms with E-state index in [1.54, 1.807) is 42.5 Å². The van der Waals surface area contributed by atoms with Crippen molar-refractivity contribution in [2.75, 3.05) is 38.5 Å². The summed E-state index contributed by atoms with van der Waals surface area (Å²) in [7, 11) is 1.89. The Morgan fingerprint density at radius 3 is 2.49 bits per heavy atom. The molecule has 11 nitrogen and oxygen atoms in total. The average Bonchev–Trinajstić information content (AvgIpc) is 3.00. The SMILES string of the molecule is CC(O)C(=O)N1CC[C@H](Oc2ccc(-c3ncnc(Nc4ccc(O[C@H]5CCN(C)C[C@H]5F)cc4)n3)cc2C#N)[C@H](F)C1. The first kappa shape index (κ1) is 30.1. The van der Waals surface area contributed by atoms with E-state index in [0.717, 1.165) is 6.54 Å². The highest BCUT2D eigenvalue weighted by molar-refractivity contribution is 5.80. The number of likely N-dealkylation sites (tertiary alicyclic amines) is 2. The molecule has 43 heavy (non-hydrogen) atoms. The molecule has 0 spiro atoms. The lowest BCUT2D eigenvalue weighted by molar-refractivity contribution is -0.143. The molecule has 0 bridgehead atoms. The number of hydrogen-bond acceptors (Lipinski definition) is 10. The van der Waals surface area contributed by atoms with Gasteiger partial charge in [-0.25, -0.2) is 18.7 Å². The van der Waals surface area contributed by atoms with Gasteiger partial charge >= 0.3 is 0 Å². The Morgan fingerprint density at radius 2 is 1.79 bits per heavy atom. The quantitative estimate of drug-likeness (QED) is 0.400. The van der Waals surface area contributed by atoms with Crippen molar-refractivity contribution in [3.63, 3.8) is 0 Å². The summed E-state index contributed by atoms with van der Waals surface area (Å²) in [5.74, 6) is 0.840. The fourth-order valence-corrected chi connectivity index (χ4v) is 5.09. The van der Waals surface area contributed by atoms with Gasteiger partial charge < -0.3 is 29.7 Å². The first-order valence-corrected chi connectivity index (χ1v) is 14.1. The lowest BCUT2D eigenvalue weighted by Crippen LogP contribution is -2.51. The van der Waals surface area contributed by atoms with Crippen LogP contribution in [0.25, 0.3) is 11.4 Å². The van der Waals surface area contributed by atoms with Crippen LogP contribution in [0.5, 0.6) is 11.5 Å². The van der Waals surface area contributed by atoms with E-state index in [4.69, 9.17) is 9.47 Å². The van der Waals surface area contributed by atoms with Gasteiger partial charge in [-0.05, 0) is 62.9 Å². The van der Waals surface area contributed by atoms with Gasteiger partial charge in [0.05, 0.1) is 12.1 Å². The normalized spacial score (nSPS) is 23.2. The number of aliphatic hydroxyl groups excluding tert-OH is 1. The van der Waals surface area contributed by atoms with Gasteiger partial charge in [-0.2, -0.15) is 10.2 Å². The van der Waals surface area contributed by atoms with E-state index >= 15 is 0 Å². The minimum absolute atomic E-state index is 0.179. The maximum Gasteiger partial charge on any atom is 0.251 e. The topological polar surface area (TPSA) is 137 Å². The summed E-state index contributed by atoms with van der Waals surface area (Å²) in [6.45, 7) is 2.52. The van der Waals surface area contributed by atoms with Crippen LogP contribution in [-0.4, -0.2) is 99.6 Å². The molecule has 2 N–H and O–H groups in total. The summed E-state index contributed by atoms with van der Waals surface area (Å²) >= 11 is 0. The number of anilines is 2. The van der Waals surface area contributed by atoms with Crippen LogP contribution in [0.15, 0.2) is 48.8 Å². The average molecular weight is 594 g/mol. The third-order valence-electron chi connectivity index (χ3n) is 7.44. The van der Waals surface area contributed by atoms with Gasteiger partial charge in [0.2, 0.25) is 5.95 Å². The first-order valence-electron chi connectivity index (χ1n) is 14.1. The van der Waals surface area contributed by atoms with Crippen molar-refractivity contribution in [3.8, 4) is 29.0 Å². The molecule has 0 radical (unpaired) electrons. The van der Waals surface area contributed by atoms with Gasteiger partial charge in [-0.3, -0.25) is 4.79 Å². The number of carbonyl (C=O) groups is 1. The summed E-state index contributed by atoms with van der Waals surface area (Å²) in [6.07, 6.45) is -2.86. The molecule has 3 heterocycles. The molecule has 3 aromatic rings. The number of rotatable bonds is 8. The molecule has 2 aliphatic rings. The Morgan fingerprint density at radius 1 is 1.07 bits per heavy atom. The van der Waals surface area contributed by atoms with E-state index in [1.807, 2.05) is 11.9 Å². The van der Waals surface area contributed by atoms with Crippen LogP contribution >= 0.6 is 0 Å². The third kappa shape index (κ3) is 7.33. The van der Waals surface area contributed by atoms with Crippen molar-refractivity contribution in [2.45, 2.75) is 50.4 Å². The molecule has 1 aromatic heterocycles. The Hall–Kier alpha value is -4.41. The fraction of sp³-hybridized carbons (Fsp3) is 0.433. The number of benzene rings is 2. The van der Waals surface area contributed by atoms with Crippen LogP contribution in [0.1, 0.15) is 25.3 Å². The largest absolute Gasteiger partial charge is 0.487 e. The summed E-state index contributed by atoms with van der Waals surface area (Å²) in [5, 5.41) is 22.4. The predicted molar refractivity (Wildman–Crippen MR) is 153 cm³/mol. The van der Waals surface area contributed by atoms with Gasteiger partial charge in [0.25, 0.3) is 5.91 Å². The highest BCUT2D eigenvalue weighted by Gasteiger charge is 2.34. The molecule has 226 valence electrons. The van der Waals surface area contributed by atoms with Crippen LogP contribution in [0.4, 0.5) is 20.4 Å². The summed E-state index contributed by atoms with van der Waals surface area (Å²) < 4.78 is 40.8. The van der Waals surface area contributed by atoms with Crippen LogP contribution < -0.4 is 14.8 Å². The Bertz CT molecular complexity index is 1470. The maximum atomic E-state index is 14.8. The van der Waals surface area contributed by atoms with E-state index in [1.165, 1.54) is 18.2 Å². The zero-order valence-corrected chi connectivity index (χ0v) is 23.9. The molecule has 2 aromatic carbocycles. The second-order valence-electron chi connectivity index (χ2n) is 10.7. The number of ether oxygens (including phenoxy) is 2. The number of hydrogen-bond donors (Lipinski definition) is 2. The molecule has 2 fully saturated rings. The summed E-state index contributed by atoms with van der Waals surface area (Å²) in [6, 6.07) is 13.9. The zero-order valence-electron chi connectivity index (χ0n) is 23.9. The number of amides is 1. The number of halogens is 2. The molecule has 2 aliphatic heterocycles. The Labute approximate surface area is 248 Å². The van der Waals surface area contributed by atoms with Crippen molar-refractivity contribution in [2.24, 2.45) is 0 Å². The third-order valence-corrected chi connectivity index (χ3v) is 7.44. The summed E-state index contributed by atoms with van der Waals surface area (Å²) in [4.78, 5) is 28.1. The van der Waals surface area contributed by atoms with Crippen molar-refractivity contribution in [1.82, 2.24) is 24.8 Å². The van der Waals surface area contributed by atoms with E-state index in [9.17, 15) is 23.9 Å². The minimum atomic E-state index is -1.48. The van der Waals surface area contributed by atoms with Crippen molar-refractivity contribution >= 4 is 17.5 Å². The highest BCUT2D eigenvalue weighted by atomic mass is 19.1. The van der Waals surface area contributed by atoms with Gasteiger partial charge in [0.1, 0.15) is 48.4 Å². The zero-order chi connectivity index (χ0) is 30.5. The van der Waals surface area contributed by atoms with Crippen LogP contribution in [0.3, 0.4) is 0 Å². The standard InChI is InChI=1S/C30H33F2N7O4/c1-18(40)29(41)39-12-10-27(24(32)16-39)43-25-8-3-19(13-20(25)14-33)28-34-17-35-30(37-28)36-21-4-6-22(7-5-21)42-26-9-11-38(2)15-23(26)31/h3-8,13,17-18,23-24,26-27,40H,9-12,15-16H2,1-2H3,(H,34,35,36,37)/t18?,23-,24-,26+,27+/m1/s1. The number of carbonyl (C=O) groups excluding carboxylic acids is 1. The van der Waals surface area contributed by atoms with E-state index in [0.29, 0.717) is 35.8 Å². The number of piperidine rings is 2. The van der Waals surface area contributed by atoms with Crippen LogP contribution in [0.2, 0.25) is 0 Å². The molecule has 0 saturated carbocycles. The van der Waals surface area contributed by atoms with Crippen molar-refractivity contribution < 1.29 is 28.2 Å². The van der Waals surface area contributed by atoms with E-state index < -0.39 is 36.6 Å². The second-order valence-corrected chi connectivity index (χ2v) is 10.7. The number of nitrogens with one attached hydrogen (secondary N) is 1. The molecule has 2 saturated heterocycles. The monoisotopic (exact) mass is 593 g/mol. The molecule has 5 atom stereocenters. The number of nitriles is 1. The number of alkyl halides is 2. The minimum Gasteiger partial charge on any atom is -0.487 e. The van der Waals surface area contributed by atoms with Gasteiger partial charge in [0, 0.05) is 37.3 Å². The smallest absolute Gasteiger partial charge is 0.251 e. The van der Waals surface area contributed by atoms with Gasteiger partial charge in [-0.15, -0.1) is 0 Å². The number of nitrogens with zero attached hydrogens (tertiary/aromatic N) is 6. The van der Waals surface area contributed by atoms with Crippen molar-refractivity contribution in [3.05, 3.63) is 54.4 Å². The second kappa shape index (κ2) is 13.3.